The Kier molecular flexibility index (Phi) is 8.84. The van der Waals surface area contributed by atoms with Gasteiger partial charge in [0, 0.05) is 51.0 Å². The number of halogens is 1. The number of aryl methyl sites for hydroxylation is 1. The number of ether oxygens (including phenoxy) is 1. The molecule has 0 spiro atoms. The quantitative estimate of drug-likeness (QED) is 0.624. The minimum atomic E-state index is -0.205. The Morgan fingerprint density at radius 2 is 1.94 bits per heavy atom. The molecule has 1 atom stereocenters. The summed E-state index contributed by atoms with van der Waals surface area (Å²) in [4.78, 5) is 4.64. The summed E-state index contributed by atoms with van der Waals surface area (Å²) in [5, 5.41) is 12.5. The molecule has 1 heterocycles. The highest BCUT2D eigenvalue weighted by Crippen LogP contribution is 2.23. The summed E-state index contributed by atoms with van der Waals surface area (Å²) in [5.41, 5.74) is 4.79. The van der Waals surface area contributed by atoms with Crippen LogP contribution in [0.3, 0.4) is 0 Å². The van der Waals surface area contributed by atoms with E-state index in [0.717, 1.165) is 63.7 Å². The predicted octanol–water partition coefficient (Wildman–Crippen LogP) is 4.04. The summed E-state index contributed by atoms with van der Waals surface area (Å²) in [7, 11) is 0. The van der Waals surface area contributed by atoms with Crippen LogP contribution in [0.2, 0.25) is 0 Å². The van der Waals surface area contributed by atoms with Crippen LogP contribution in [0.15, 0.2) is 42.5 Å². The van der Waals surface area contributed by atoms with E-state index < -0.39 is 0 Å². The molecule has 31 heavy (non-hydrogen) atoms. The van der Waals surface area contributed by atoms with Crippen molar-refractivity contribution in [3.8, 4) is 6.07 Å². The Morgan fingerprint density at radius 3 is 2.58 bits per heavy atom. The first-order valence-corrected chi connectivity index (χ1v) is 11.1. The molecule has 1 aliphatic rings. The van der Waals surface area contributed by atoms with Crippen LogP contribution in [0.1, 0.15) is 36.1 Å². The van der Waals surface area contributed by atoms with Gasteiger partial charge in [0.25, 0.3) is 0 Å². The van der Waals surface area contributed by atoms with Gasteiger partial charge in [-0.05, 0) is 54.8 Å². The maximum atomic E-state index is 13.4. The summed E-state index contributed by atoms with van der Waals surface area (Å²) < 4.78 is 18.9. The van der Waals surface area contributed by atoms with Gasteiger partial charge in [0.1, 0.15) is 5.82 Å². The fourth-order valence-corrected chi connectivity index (χ4v) is 4.11. The van der Waals surface area contributed by atoms with E-state index in [1.807, 2.05) is 12.1 Å². The molecule has 0 amide bonds. The summed E-state index contributed by atoms with van der Waals surface area (Å²) >= 11 is 0. The molecule has 1 saturated heterocycles. The molecule has 166 valence electrons. The molecular weight excluding hydrogens is 391 g/mol. The molecule has 0 saturated carbocycles. The van der Waals surface area contributed by atoms with Crippen molar-refractivity contribution in [1.29, 1.82) is 5.26 Å². The van der Waals surface area contributed by atoms with Gasteiger partial charge < -0.3 is 15.0 Å². The largest absolute Gasteiger partial charge is 0.379 e. The highest BCUT2D eigenvalue weighted by Gasteiger charge is 2.22. The third kappa shape index (κ3) is 6.51. The lowest BCUT2D eigenvalue weighted by atomic mass is 10.0. The Labute approximate surface area is 185 Å². The fraction of sp³-hybridized carbons (Fsp3) is 0.480. The van der Waals surface area contributed by atoms with Gasteiger partial charge in [0.15, 0.2) is 0 Å². The monoisotopic (exact) mass is 424 g/mol. The van der Waals surface area contributed by atoms with E-state index in [-0.39, 0.29) is 11.9 Å². The van der Waals surface area contributed by atoms with E-state index >= 15 is 0 Å². The van der Waals surface area contributed by atoms with E-state index in [0.29, 0.717) is 6.42 Å². The zero-order valence-electron chi connectivity index (χ0n) is 18.6. The van der Waals surface area contributed by atoms with E-state index in [9.17, 15) is 4.39 Å². The molecule has 1 N–H and O–H groups in total. The number of morpholine rings is 1. The fourth-order valence-electron chi connectivity index (χ4n) is 4.11. The Bertz CT molecular complexity index is 859. The van der Waals surface area contributed by atoms with Crippen molar-refractivity contribution in [2.45, 2.75) is 32.9 Å². The zero-order valence-corrected chi connectivity index (χ0v) is 18.6. The third-order valence-electron chi connectivity index (χ3n) is 5.96. The van der Waals surface area contributed by atoms with Gasteiger partial charge in [-0.15, -0.1) is 0 Å². The number of nitrogens with one attached hydrogen (secondary N) is 1. The molecule has 0 aromatic heterocycles. The summed E-state index contributed by atoms with van der Waals surface area (Å²) in [5.74, 6) is -0.205. The maximum Gasteiger partial charge on any atom is 0.123 e. The molecule has 0 aliphatic carbocycles. The lowest BCUT2D eigenvalue weighted by Crippen LogP contribution is -2.42. The molecule has 0 unspecified atom stereocenters. The second-order valence-electron chi connectivity index (χ2n) is 7.95. The Hall–Kier alpha value is -2.46. The topological polar surface area (TPSA) is 51.5 Å². The Balaban J connectivity index is 1.64. The molecule has 6 heteroatoms. The van der Waals surface area contributed by atoms with Crippen LogP contribution in [0.4, 0.5) is 10.1 Å². The van der Waals surface area contributed by atoms with Gasteiger partial charge in [-0.2, -0.15) is 5.26 Å². The van der Waals surface area contributed by atoms with Crippen LogP contribution in [-0.2, 0) is 11.3 Å². The summed E-state index contributed by atoms with van der Waals surface area (Å²) in [6, 6.07) is 15.8. The minimum Gasteiger partial charge on any atom is -0.379 e. The number of hydrogen-bond donors (Lipinski definition) is 1. The summed E-state index contributed by atoms with van der Waals surface area (Å²) in [6.07, 6.45) is 0.530. The van der Waals surface area contributed by atoms with Gasteiger partial charge in [-0.1, -0.05) is 18.2 Å². The molecule has 3 rings (SSSR count). The number of benzene rings is 2. The van der Waals surface area contributed by atoms with Crippen LogP contribution in [0.25, 0.3) is 0 Å². The molecule has 2 aromatic rings. The van der Waals surface area contributed by atoms with Gasteiger partial charge >= 0.3 is 0 Å². The van der Waals surface area contributed by atoms with Crippen LogP contribution < -0.4 is 10.2 Å². The first-order chi connectivity index (χ1) is 15.1. The Morgan fingerprint density at radius 1 is 1.19 bits per heavy atom. The molecule has 5 nitrogen and oxygen atoms in total. The molecule has 1 aliphatic heterocycles. The standard InChI is InChI=1S/C25H33FN4O/c1-3-29(12-4-11-27)24-10-7-22(20(2)17-24)18-28-19-25(30-13-15-31-16-14-30)21-5-8-23(26)9-6-21/h5-10,17,25,28H,3-4,12-16,18-19H2,1-2H3/t25-/m0/s1. The summed E-state index contributed by atoms with van der Waals surface area (Å²) in [6.45, 7) is 10.7. The highest BCUT2D eigenvalue weighted by molar-refractivity contribution is 5.50. The third-order valence-corrected chi connectivity index (χ3v) is 5.96. The van der Waals surface area contributed by atoms with E-state index in [1.54, 1.807) is 0 Å². The molecular formula is C25H33FN4O. The number of nitrogens with zero attached hydrogens (tertiary/aromatic N) is 3. The maximum absolute atomic E-state index is 13.4. The first kappa shape index (κ1) is 23.2. The first-order valence-electron chi connectivity index (χ1n) is 11.1. The molecule has 1 fully saturated rings. The van der Waals surface area contributed by atoms with E-state index in [1.165, 1.54) is 23.3 Å². The van der Waals surface area contributed by atoms with Gasteiger partial charge in [0.2, 0.25) is 0 Å². The number of nitriles is 1. The van der Waals surface area contributed by atoms with Crippen LogP contribution in [0.5, 0.6) is 0 Å². The normalized spacial score (nSPS) is 15.4. The van der Waals surface area contributed by atoms with Crippen molar-refractivity contribution in [3.63, 3.8) is 0 Å². The van der Waals surface area contributed by atoms with Crippen LogP contribution in [0, 0.1) is 24.1 Å². The highest BCUT2D eigenvalue weighted by atomic mass is 19.1. The van der Waals surface area contributed by atoms with Crippen molar-refractivity contribution in [2.75, 3.05) is 50.8 Å². The van der Waals surface area contributed by atoms with Gasteiger partial charge in [-0.3, -0.25) is 4.90 Å². The molecule has 0 radical (unpaired) electrons. The molecule has 2 aromatic carbocycles. The van der Waals surface area contributed by atoms with Crippen molar-refractivity contribution in [3.05, 3.63) is 65.0 Å². The van der Waals surface area contributed by atoms with E-state index in [4.69, 9.17) is 10.00 Å². The lowest BCUT2D eigenvalue weighted by molar-refractivity contribution is 0.0161. The molecule has 0 bridgehead atoms. The van der Waals surface area contributed by atoms with Crippen molar-refractivity contribution in [2.24, 2.45) is 0 Å². The zero-order chi connectivity index (χ0) is 22.1. The smallest absolute Gasteiger partial charge is 0.123 e. The number of hydrogen-bond acceptors (Lipinski definition) is 5. The number of rotatable bonds is 10. The van der Waals surface area contributed by atoms with Crippen molar-refractivity contribution < 1.29 is 9.13 Å². The minimum absolute atomic E-state index is 0.186. The van der Waals surface area contributed by atoms with Gasteiger partial charge in [-0.25, -0.2) is 4.39 Å². The van der Waals surface area contributed by atoms with Crippen LogP contribution >= 0.6 is 0 Å². The lowest BCUT2D eigenvalue weighted by Gasteiger charge is -2.35. The predicted molar refractivity (Wildman–Crippen MR) is 123 cm³/mol. The van der Waals surface area contributed by atoms with Crippen LogP contribution in [-0.4, -0.2) is 50.8 Å². The average molecular weight is 425 g/mol. The van der Waals surface area contributed by atoms with Crippen molar-refractivity contribution >= 4 is 5.69 Å². The average Bonchev–Trinajstić information content (AvgIpc) is 2.80. The second-order valence-corrected chi connectivity index (χ2v) is 7.95. The SMILES string of the molecule is CCN(CCC#N)c1ccc(CNC[C@@H](c2ccc(F)cc2)N2CCOCC2)c(C)c1. The van der Waals surface area contributed by atoms with Crippen molar-refractivity contribution in [1.82, 2.24) is 10.2 Å². The van der Waals surface area contributed by atoms with E-state index in [2.05, 4.69) is 53.2 Å². The number of anilines is 1. The second kappa shape index (κ2) is 11.8. The van der Waals surface area contributed by atoms with Gasteiger partial charge in [0.05, 0.1) is 25.7 Å².